The Morgan fingerprint density at radius 3 is 2.03 bits per heavy atom. The van der Waals surface area contributed by atoms with E-state index in [0.717, 1.165) is 5.56 Å². The number of nitrogens with one attached hydrogen (secondary N) is 3. The molecule has 0 atom stereocenters. The third-order valence-corrected chi connectivity index (χ3v) is 5.31. The Morgan fingerprint density at radius 1 is 0.727 bits per heavy atom. The first kappa shape index (κ1) is 22.4. The normalized spacial score (nSPS) is 10.6. The lowest BCUT2D eigenvalue weighted by atomic mass is 10.2. The Kier molecular flexibility index (Phi) is 6.35. The number of hydrogen-bond acceptors (Lipinski definition) is 3. The molecule has 0 aliphatic heterocycles. The van der Waals surface area contributed by atoms with Gasteiger partial charge in [0, 0.05) is 26.8 Å². The number of aromatic nitrogens is 1. The molecule has 0 aliphatic carbocycles. The van der Waals surface area contributed by atoms with E-state index in [2.05, 4.69) is 16.1 Å². The smallest absolute Gasteiger partial charge is 0.321 e. The second kappa shape index (κ2) is 9.36. The Morgan fingerprint density at radius 2 is 1.33 bits per heavy atom. The highest BCUT2D eigenvalue weighted by Gasteiger charge is 2.21. The molecule has 1 heterocycles. The molecular weight excluding hydrogens is 463 g/mol. The number of amides is 3. The molecule has 3 amide bonds. The van der Waals surface area contributed by atoms with Gasteiger partial charge in [0.25, 0.3) is 5.91 Å². The minimum absolute atomic E-state index is 0.110. The largest absolute Gasteiger partial charge is 0.328 e. The van der Waals surface area contributed by atoms with Crippen LogP contribution in [0.3, 0.4) is 0 Å². The second-order valence-electron chi connectivity index (χ2n) is 7.29. The molecule has 0 bridgehead atoms. The average molecular weight is 481 g/mol. The predicted octanol–water partition coefficient (Wildman–Crippen LogP) is 5.22. The Balaban J connectivity index is 1.61. The third kappa shape index (κ3) is 5.16. The lowest BCUT2D eigenvalue weighted by molar-refractivity contribution is -0.133. The van der Waals surface area contributed by atoms with Crippen LogP contribution in [0.5, 0.6) is 0 Å². The first-order valence-corrected chi connectivity index (χ1v) is 10.6. The molecule has 4 aromatic rings. The van der Waals surface area contributed by atoms with E-state index in [9.17, 15) is 14.4 Å². The monoisotopic (exact) mass is 480 g/mol. The van der Waals surface area contributed by atoms with Crippen molar-refractivity contribution in [1.29, 1.82) is 0 Å². The van der Waals surface area contributed by atoms with Crippen molar-refractivity contribution in [3.8, 4) is 0 Å². The van der Waals surface area contributed by atoms with Crippen molar-refractivity contribution < 1.29 is 14.4 Å². The molecule has 4 rings (SSSR count). The molecule has 0 spiro atoms. The van der Waals surface area contributed by atoms with Crippen LogP contribution >= 0.6 is 23.2 Å². The Labute approximate surface area is 199 Å². The van der Waals surface area contributed by atoms with Crippen molar-refractivity contribution in [2.45, 2.75) is 6.92 Å². The number of nitrogens with zero attached hydrogens (tertiary/aromatic N) is 1. The van der Waals surface area contributed by atoms with Crippen molar-refractivity contribution in [2.75, 3.05) is 16.1 Å². The number of fused-ring (bicyclic) bond motifs is 1. The number of benzene rings is 3. The first-order valence-electron chi connectivity index (χ1n) is 9.87. The van der Waals surface area contributed by atoms with Gasteiger partial charge in [-0.05, 0) is 67.6 Å². The van der Waals surface area contributed by atoms with Gasteiger partial charge in [-0.25, -0.2) is 4.68 Å². The maximum absolute atomic E-state index is 13.0. The van der Waals surface area contributed by atoms with E-state index < -0.39 is 17.7 Å². The summed E-state index contributed by atoms with van der Waals surface area (Å²) in [6.07, 6.45) is 0. The van der Waals surface area contributed by atoms with Crippen molar-refractivity contribution in [3.05, 3.63) is 94.1 Å². The summed E-state index contributed by atoms with van der Waals surface area (Å²) in [5.74, 6) is -2.31. The zero-order valence-electron chi connectivity index (χ0n) is 17.4. The minimum atomic E-state index is -0.941. The van der Waals surface area contributed by atoms with Crippen LogP contribution in [0.25, 0.3) is 10.9 Å². The first-order chi connectivity index (χ1) is 15.8. The summed E-state index contributed by atoms with van der Waals surface area (Å²) in [7, 11) is 0. The second-order valence-corrected chi connectivity index (χ2v) is 8.16. The van der Waals surface area contributed by atoms with E-state index in [0.29, 0.717) is 32.3 Å². The number of halogens is 2. The molecule has 3 N–H and O–H groups in total. The van der Waals surface area contributed by atoms with Crippen LogP contribution < -0.4 is 16.1 Å². The number of rotatable bonds is 4. The number of anilines is 2. The summed E-state index contributed by atoms with van der Waals surface area (Å²) in [5.41, 5.74) is 5.12. The fourth-order valence-electron chi connectivity index (χ4n) is 3.18. The van der Waals surface area contributed by atoms with E-state index in [4.69, 9.17) is 23.2 Å². The van der Waals surface area contributed by atoms with Crippen molar-refractivity contribution in [3.63, 3.8) is 0 Å². The van der Waals surface area contributed by atoms with E-state index in [1.165, 1.54) is 4.68 Å². The van der Waals surface area contributed by atoms with Gasteiger partial charge in [0.05, 0.1) is 5.52 Å². The SMILES string of the molecule is Cc1ccc(NC(=O)C(=O)Nn2c(C(=O)Nc3ccc(Cl)cc3)cc3cc(Cl)ccc32)cc1. The maximum atomic E-state index is 13.0. The van der Waals surface area contributed by atoms with E-state index in [1.54, 1.807) is 60.7 Å². The van der Waals surface area contributed by atoms with Crippen molar-refractivity contribution in [2.24, 2.45) is 0 Å². The van der Waals surface area contributed by atoms with Crippen LogP contribution in [-0.4, -0.2) is 22.4 Å². The fraction of sp³-hybridized carbons (Fsp3) is 0.0417. The summed E-state index contributed by atoms with van der Waals surface area (Å²) in [4.78, 5) is 38.1. The maximum Gasteiger partial charge on any atom is 0.328 e. The summed E-state index contributed by atoms with van der Waals surface area (Å²) in [5, 5.41) is 6.89. The third-order valence-electron chi connectivity index (χ3n) is 4.83. The van der Waals surface area contributed by atoms with Crippen molar-refractivity contribution >= 4 is 63.2 Å². The van der Waals surface area contributed by atoms with Gasteiger partial charge in [-0.1, -0.05) is 40.9 Å². The van der Waals surface area contributed by atoms with Crippen LogP contribution in [0.1, 0.15) is 16.1 Å². The lowest BCUT2D eigenvalue weighted by Gasteiger charge is -2.13. The van der Waals surface area contributed by atoms with E-state index >= 15 is 0 Å². The molecule has 0 radical (unpaired) electrons. The summed E-state index contributed by atoms with van der Waals surface area (Å²) in [6, 6.07) is 20.1. The number of carbonyl (C=O) groups is 3. The Bertz CT molecular complexity index is 1360. The van der Waals surface area contributed by atoms with Gasteiger partial charge in [0.2, 0.25) is 0 Å². The van der Waals surface area contributed by atoms with Crippen LogP contribution in [0.4, 0.5) is 11.4 Å². The molecule has 33 heavy (non-hydrogen) atoms. The van der Waals surface area contributed by atoms with Crippen LogP contribution in [0.2, 0.25) is 10.0 Å². The molecule has 0 saturated heterocycles. The lowest BCUT2D eigenvalue weighted by Crippen LogP contribution is -2.36. The predicted molar refractivity (Wildman–Crippen MR) is 131 cm³/mol. The standard InChI is InChI=1S/C24H18Cl2N4O3/c1-14-2-7-18(8-3-14)28-23(32)24(33)29-30-20-11-6-17(26)12-15(20)13-21(30)22(31)27-19-9-4-16(25)5-10-19/h2-13H,1H3,(H,27,31)(H,28,32)(H,29,33). The number of hydrogen-bond donors (Lipinski definition) is 3. The van der Waals surface area contributed by atoms with Gasteiger partial charge < -0.3 is 10.6 Å². The molecule has 3 aromatic carbocycles. The van der Waals surface area contributed by atoms with Crippen LogP contribution in [-0.2, 0) is 9.59 Å². The zero-order valence-corrected chi connectivity index (χ0v) is 18.9. The fourth-order valence-corrected chi connectivity index (χ4v) is 3.49. The highest BCUT2D eigenvalue weighted by Crippen LogP contribution is 2.24. The Hall–Kier alpha value is -3.81. The zero-order chi connectivity index (χ0) is 23.5. The number of aryl methyl sites for hydroxylation is 1. The molecule has 0 fully saturated rings. The molecule has 7 nitrogen and oxygen atoms in total. The van der Waals surface area contributed by atoms with Crippen molar-refractivity contribution in [1.82, 2.24) is 4.68 Å². The topological polar surface area (TPSA) is 92.2 Å². The number of carbonyl (C=O) groups excluding carboxylic acids is 3. The van der Waals surface area contributed by atoms with Gasteiger partial charge in [-0.15, -0.1) is 0 Å². The summed E-state index contributed by atoms with van der Waals surface area (Å²) < 4.78 is 1.26. The highest BCUT2D eigenvalue weighted by atomic mass is 35.5. The summed E-state index contributed by atoms with van der Waals surface area (Å²) >= 11 is 12.0. The van der Waals surface area contributed by atoms with Gasteiger partial charge >= 0.3 is 11.8 Å². The van der Waals surface area contributed by atoms with Gasteiger partial charge in [-0.2, -0.15) is 0 Å². The van der Waals surface area contributed by atoms with Crippen LogP contribution in [0, 0.1) is 6.92 Å². The quantitative estimate of drug-likeness (QED) is 0.349. The molecule has 0 aliphatic rings. The highest BCUT2D eigenvalue weighted by molar-refractivity contribution is 6.42. The molecule has 0 saturated carbocycles. The molecule has 9 heteroatoms. The average Bonchev–Trinajstić information content (AvgIpc) is 3.14. The van der Waals surface area contributed by atoms with Crippen LogP contribution in [0.15, 0.2) is 72.8 Å². The van der Waals surface area contributed by atoms with E-state index in [1.807, 2.05) is 19.1 Å². The minimum Gasteiger partial charge on any atom is -0.321 e. The molecular formula is C24H18Cl2N4O3. The van der Waals surface area contributed by atoms with Gasteiger partial charge in [-0.3, -0.25) is 19.8 Å². The van der Waals surface area contributed by atoms with E-state index in [-0.39, 0.29) is 5.69 Å². The summed E-state index contributed by atoms with van der Waals surface area (Å²) in [6.45, 7) is 1.92. The molecule has 0 unspecified atom stereocenters. The molecule has 166 valence electrons. The van der Waals surface area contributed by atoms with Gasteiger partial charge in [0.15, 0.2) is 0 Å². The van der Waals surface area contributed by atoms with Gasteiger partial charge in [0.1, 0.15) is 5.69 Å². The molecule has 1 aromatic heterocycles.